The van der Waals surface area contributed by atoms with Gasteiger partial charge in [0, 0.05) is 25.8 Å². The molecule has 0 aliphatic rings. The zero-order chi connectivity index (χ0) is 16.5. The molecule has 1 aromatic carbocycles. The highest BCUT2D eigenvalue weighted by Gasteiger charge is 2.11. The maximum atomic E-state index is 11.6. The lowest BCUT2D eigenvalue weighted by Crippen LogP contribution is -2.44. The largest absolute Gasteiger partial charge is 0.383 e. The monoisotopic (exact) mass is 315 g/mol. The number of methoxy groups -OCH3 is 1. The van der Waals surface area contributed by atoms with Gasteiger partial charge in [0.25, 0.3) is 0 Å². The van der Waals surface area contributed by atoms with E-state index in [0.29, 0.717) is 18.9 Å². The van der Waals surface area contributed by atoms with E-state index in [2.05, 4.69) is 20.8 Å². The van der Waals surface area contributed by atoms with Crippen LogP contribution in [0.1, 0.15) is 0 Å². The number of aromatic nitrogens is 2. The topological polar surface area (TPSA) is 102 Å². The van der Waals surface area contributed by atoms with Gasteiger partial charge in [0.15, 0.2) is 0 Å². The normalized spacial score (nSPS) is 11.7. The molecular formula is C16H21N5O2. The minimum absolute atomic E-state index is 0.200. The molecule has 122 valence electrons. The lowest BCUT2D eigenvalue weighted by atomic mass is 10.1. The van der Waals surface area contributed by atoms with Gasteiger partial charge in [-0.05, 0) is 12.1 Å². The van der Waals surface area contributed by atoms with Crippen molar-refractivity contribution in [2.45, 2.75) is 6.04 Å². The fourth-order valence-corrected chi connectivity index (χ4v) is 1.95. The third kappa shape index (κ3) is 5.32. The molecule has 4 N–H and O–H groups in total. The Morgan fingerprint density at radius 3 is 2.61 bits per heavy atom. The highest BCUT2D eigenvalue weighted by molar-refractivity contribution is 5.81. The minimum atomic E-state index is -0.648. The van der Waals surface area contributed by atoms with Crippen LogP contribution in [0, 0.1) is 0 Å². The molecule has 0 spiro atoms. The molecule has 7 heteroatoms. The first kappa shape index (κ1) is 16.9. The van der Waals surface area contributed by atoms with Gasteiger partial charge in [-0.3, -0.25) is 4.79 Å². The predicted molar refractivity (Wildman–Crippen MR) is 88.8 cm³/mol. The Morgan fingerprint density at radius 2 is 1.96 bits per heavy atom. The summed E-state index contributed by atoms with van der Waals surface area (Å²) in [5.74, 6) is 0.416. The van der Waals surface area contributed by atoms with Crippen molar-refractivity contribution in [2.75, 3.05) is 32.1 Å². The summed E-state index contributed by atoms with van der Waals surface area (Å²) in [7, 11) is 1.51. The van der Waals surface area contributed by atoms with Crippen LogP contribution in [0.5, 0.6) is 0 Å². The van der Waals surface area contributed by atoms with Crippen molar-refractivity contribution in [3.63, 3.8) is 0 Å². The summed E-state index contributed by atoms with van der Waals surface area (Å²) in [5, 5.41) is 14.1. The van der Waals surface area contributed by atoms with E-state index in [1.807, 2.05) is 42.5 Å². The zero-order valence-electron chi connectivity index (χ0n) is 13.0. The van der Waals surface area contributed by atoms with Crippen molar-refractivity contribution in [1.29, 1.82) is 0 Å². The molecule has 0 radical (unpaired) electrons. The van der Waals surface area contributed by atoms with E-state index < -0.39 is 6.04 Å². The van der Waals surface area contributed by atoms with Crippen LogP contribution in [0.2, 0.25) is 0 Å². The van der Waals surface area contributed by atoms with Crippen LogP contribution in [0.3, 0.4) is 0 Å². The molecule has 7 nitrogen and oxygen atoms in total. The van der Waals surface area contributed by atoms with Crippen molar-refractivity contribution in [3.8, 4) is 11.3 Å². The number of ether oxygens (including phenoxy) is 1. The first-order valence-electron chi connectivity index (χ1n) is 7.36. The molecule has 1 heterocycles. The van der Waals surface area contributed by atoms with Gasteiger partial charge in [-0.1, -0.05) is 30.3 Å². The third-order valence-corrected chi connectivity index (χ3v) is 3.15. The SMILES string of the molecule is COCC(N)C(=O)NCCNc1ccc(-c2ccccc2)nn1. The molecule has 23 heavy (non-hydrogen) atoms. The molecular weight excluding hydrogens is 294 g/mol. The lowest BCUT2D eigenvalue weighted by molar-refractivity contribution is -0.123. The number of hydrogen-bond acceptors (Lipinski definition) is 6. The van der Waals surface area contributed by atoms with Gasteiger partial charge < -0.3 is 21.1 Å². The number of carbonyl (C=O) groups is 1. The maximum absolute atomic E-state index is 11.6. The molecule has 0 aliphatic heterocycles. The Hall–Kier alpha value is -2.51. The van der Waals surface area contributed by atoms with Crippen molar-refractivity contribution < 1.29 is 9.53 Å². The average molecular weight is 315 g/mol. The number of hydrogen-bond donors (Lipinski definition) is 3. The second-order valence-electron chi connectivity index (χ2n) is 4.95. The number of rotatable bonds is 8. The summed E-state index contributed by atoms with van der Waals surface area (Å²) in [6.07, 6.45) is 0. The second kappa shape index (κ2) is 8.82. The van der Waals surface area contributed by atoms with Crippen molar-refractivity contribution in [2.24, 2.45) is 5.73 Å². The van der Waals surface area contributed by atoms with Crippen LogP contribution in [-0.2, 0) is 9.53 Å². The molecule has 2 aromatic rings. The molecule has 1 unspecified atom stereocenters. The van der Waals surface area contributed by atoms with Crippen LogP contribution in [0.4, 0.5) is 5.82 Å². The Labute approximate surface area is 135 Å². The minimum Gasteiger partial charge on any atom is -0.383 e. The average Bonchev–Trinajstić information content (AvgIpc) is 2.60. The van der Waals surface area contributed by atoms with Crippen LogP contribution in [0.25, 0.3) is 11.3 Å². The van der Waals surface area contributed by atoms with Crippen molar-refractivity contribution in [1.82, 2.24) is 15.5 Å². The van der Waals surface area contributed by atoms with E-state index >= 15 is 0 Å². The van der Waals surface area contributed by atoms with Crippen LogP contribution in [-0.4, -0.2) is 49.0 Å². The summed E-state index contributed by atoms with van der Waals surface area (Å²) in [6, 6.07) is 12.9. The van der Waals surface area contributed by atoms with Crippen LogP contribution < -0.4 is 16.4 Å². The molecule has 0 bridgehead atoms. The Balaban J connectivity index is 1.75. The highest BCUT2D eigenvalue weighted by Crippen LogP contribution is 2.15. The lowest BCUT2D eigenvalue weighted by Gasteiger charge is -2.11. The van der Waals surface area contributed by atoms with Crippen molar-refractivity contribution in [3.05, 3.63) is 42.5 Å². The number of carbonyl (C=O) groups excluding carboxylic acids is 1. The van der Waals surface area contributed by atoms with E-state index in [9.17, 15) is 4.79 Å². The summed E-state index contributed by atoms with van der Waals surface area (Å²) >= 11 is 0. The second-order valence-corrected chi connectivity index (χ2v) is 4.95. The van der Waals surface area contributed by atoms with Crippen LogP contribution in [0.15, 0.2) is 42.5 Å². The Bertz CT molecular complexity index is 604. The smallest absolute Gasteiger partial charge is 0.239 e. The maximum Gasteiger partial charge on any atom is 0.239 e. The molecule has 0 saturated heterocycles. The number of nitrogens with zero attached hydrogens (tertiary/aromatic N) is 2. The van der Waals surface area contributed by atoms with Gasteiger partial charge in [0.05, 0.1) is 12.3 Å². The van der Waals surface area contributed by atoms with E-state index in [0.717, 1.165) is 11.3 Å². The van der Waals surface area contributed by atoms with Gasteiger partial charge in [-0.25, -0.2) is 0 Å². The number of nitrogens with two attached hydrogens (primary N) is 1. The summed E-state index contributed by atoms with van der Waals surface area (Å²) in [5.41, 5.74) is 7.45. The fourth-order valence-electron chi connectivity index (χ4n) is 1.95. The van der Waals surface area contributed by atoms with E-state index in [1.54, 1.807) is 0 Å². The molecule has 1 aromatic heterocycles. The zero-order valence-corrected chi connectivity index (χ0v) is 13.0. The van der Waals surface area contributed by atoms with Gasteiger partial charge in [0.1, 0.15) is 11.9 Å². The van der Waals surface area contributed by atoms with E-state index in [4.69, 9.17) is 10.5 Å². The van der Waals surface area contributed by atoms with Gasteiger partial charge >= 0.3 is 0 Å². The quantitative estimate of drug-likeness (QED) is 0.618. The van der Waals surface area contributed by atoms with E-state index in [1.165, 1.54) is 7.11 Å². The molecule has 0 saturated carbocycles. The molecule has 1 amide bonds. The Kier molecular flexibility index (Phi) is 6.46. The summed E-state index contributed by atoms with van der Waals surface area (Å²) < 4.78 is 4.83. The third-order valence-electron chi connectivity index (χ3n) is 3.15. The standard InChI is InChI=1S/C16H21N5O2/c1-23-11-13(17)16(22)19-10-9-18-15-8-7-14(20-21-15)12-5-3-2-4-6-12/h2-8,13H,9-11,17H2,1H3,(H,18,21)(H,19,22). The van der Waals surface area contributed by atoms with Gasteiger partial charge in [-0.2, -0.15) is 0 Å². The molecule has 1 atom stereocenters. The molecule has 2 rings (SSSR count). The van der Waals surface area contributed by atoms with E-state index in [-0.39, 0.29) is 12.5 Å². The van der Waals surface area contributed by atoms with Gasteiger partial charge in [0.2, 0.25) is 5.91 Å². The predicted octanol–water partition coefficient (Wildman–Crippen LogP) is 0.645. The summed E-state index contributed by atoms with van der Waals surface area (Å²) in [6.45, 7) is 1.18. The van der Waals surface area contributed by atoms with Crippen LogP contribution >= 0.6 is 0 Å². The molecule has 0 fully saturated rings. The molecule has 0 aliphatic carbocycles. The first-order chi connectivity index (χ1) is 11.2. The summed E-state index contributed by atoms with van der Waals surface area (Å²) in [4.78, 5) is 11.6. The first-order valence-corrected chi connectivity index (χ1v) is 7.36. The number of nitrogens with one attached hydrogen (secondary N) is 2. The Morgan fingerprint density at radius 1 is 1.17 bits per heavy atom. The van der Waals surface area contributed by atoms with Gasteiger partial charge in [-0.15, -0.1) is 10.2 Å². The van der Waals surface area contributed by atoms with Crippen molar-refractivity contribution >= 4 is 11.7 Å². The number of benzene rings is 1. The highest BCUT2D eigenvalue weighted by atomic mass is 16.5. The number of anilines is 1. The fraction of sp³-hybridized carbons (Fsp3) is 0.312. The number of amides is 1.